The van der Waals surface area contributed by atoms with E-state index >= 15 is 0 Å². The molecule has 0 saturated carbocycles. The van der Waals surface area contributed by atoms with Crippen molar-refractivity contribution in [3.63, 3.8) is 0 Å². The largest absolute Gasteiger partial charge is 0.488 e. The topological polar surface area (TPSA) is 62.1 Å². The summed E-state index contributed by atoms with van der Waals surface area (Å²) < 4.78 is 6.74. The van der Waals surface area contributed by atoms with Crippen LogP contribution in [0.4, 0.5) is 5.69 Å². The van der Waals surface area contributed by atoms with Crippen molar-refractivity contribution < 1.29 is 9.53 Å². The highest BCUT2D eigenvalue weighted by molar-refractivity contribution is 14.1. The molecule has 29 heavy (non-hydrogen) atoms. The zero-order valence-corrected chi connectivity index (χ0v) is 18.1. The van der Waals surface area contributed by atoms with Crippen molar-refractivity contribution in [2.75, 3.05) is 5.32 Å². The van der Waals surface area contributed by atoms with E-state index in [1.807, 2.05) is 66.7 Å². The average molecular weight is 515 g/mol. The van der Waals surface area contributed by atoms with Crippen LogP contribution >= 0.6 is 34.2 Å². The minimum atomic E-state index is -0.447. The predicted octanol–water partition coefficient (Wildman–Crippen LogP) is 6.07. The fourth-order valence-electron chi connectivity index (χ4n) is 2.50. The molecule has 0 saturated heterocycles. The SMILES string of the molecule is N#C/C(=C/c1ccc(OCc2ccc(Cl)cc2)c(I)c1)C(=O)Nc1ccccc1. The Morgan fingerprint density at radius 2 is 1.83 bits per heavy atom. The Morgan fingerprint density at radius 3 is 2.48 bits per heavy atom. The molecule has 0 radical (unpaired) electrons. The van der Waals surface area contributed by atoms with E-state index in [0.29, 0.717) is 17.3 Å². The number of rotatable bonds is 6. The molecular weight excluding hydrogens is 499 g/mol. The van der Waals surface area contributed by atoms with E-state index in [1.165, 1.54) is 0 Å². The molecule has 0 fully saturated rings. The standard InChI is InChI=1S/C23H16ClIN2O2/c24-19-9-6-16(7-10-19)15-29-22-11-8-17(13-21(22)25)12-18(14-26)23(28)27-20-4-2-1-3-5-20/h1-13H,15H2,(H,27,28)/b18-12-. The zero-order chi connectivity index (χ0) is 20.6. The number of benzene rings is 3. The van der Waals surface area contributed by atoms with Crippen LogP contribution in [0, 0.1) is 14.9 Å². The number of carbonyl (C=O) groups is 1. The summed E-state index contributed by atoms with van der Waals surface area (Å²) in [5.41, 5.74) is 2.42. The first-order chi connectivity index (χ1) is 14.0. The first-order valence-corrected chi connectivity index (χ1v) is 10.2. The molecule has 0 aromatic heterocycles. The second-order valence-corrected chi connectivity index (χ2v) is 7.69. The number of nitrogens with zero attached hydrogens (tertiary/aromatic N) is 1. The molecule has 144 valence electrons. The molecule has 1 N–H and O–H groups in total. The lowest BCUT2D eigenvalue weighted by Crippen LogP contribution is -2.13. The first kappa shape index (κ1) is 20.9. The monoisotopic (exact) mass is 514 g/mol. The number of amides is 1. The minimum Gasteiger partial charge on any atom is -0.488 e. The first-order valence-electron chi connectivity index (χ1n) is 8.70. The number of anilines is 1. The maximum Gasteiger partial charge on any atom is 0.266 e. The van der Waals surface area contributed by atoms with Crippen LogP contribution in [0.15, 0.2) is 78.4 Å². The zero-order valence-electron chi connectivity index (χ0n) is 15.2. The van der Waals surface area contributed by atoms with E-state index < -0.39 is 5.91 Å². The Balaban J connectivity index is 1.70. The van der Waals surface area contributed by atoms with E-state index in [4.69, 9.17) is 16.3 Å². The van der Waals surface area contributed by atoms with Crippen LogP contribution < -0.4 is 10.1 Å². The smallest absolute Gasteiger partial charge is 0.266 e. The molecule has 0 heterocycles. The third kappa shape index (κ3) is 6.08. The molecule has 0 aliphatic heterocycles. The fourth-order valence-corrected chi connectivity index (χ4v) is 3.32. The quantitative estimate of drug-likeness (QED) is 0.247. The van der Waals surface area contributed by atoms with Gasteiger partial charge in [-0.05, 0) is 76.2 Å². The third-order valence-corrected chi connectivity index (χ3v) is 5.07. The summed E-state index contributed by atoms with van der Waals surface area (Å²) in [4.78, 5) is 12.3. The molecule has 0 spiro atoms. The fraction of sp³-hybridized carbons (Fsp3) is 0.0435. The van der Waals surface area contributed by atoms with Crippen molar-refractivity contribution in [3.05, 3.63) is 98.1 Å². The average Bonchev–Trinajstić information content (AvgIpc) is 2.73. The second kappa shape index (κ2) is 10.1. The van der Waals surface area contributed by atoms with Crippen molar-refractivity contribution in [2.24, 2.45) is 0 Å². The molecule has 0 atom stereocenters. The number of hydrogen-bond donors (Lipinski definition) is 1. The molecular formula is C23H16ClIN2O2. The maximum atomic E-state index is 12.3. The highest BCUT2D eigenvalue weighted by Crippen LogP contribution is 2.24. The van der Waals surface area contributed by atoms with E-state index in [9.17, 15) is 10.1 Å². The van der Waals surface area contributed by atoms with Gasteiger partial charge in [-0.15, -0.1) is 0 Å². The van der Waals surface area contributed by atoms with E-state index in [2.05, 4.69) is 27.9 Å². The van der Waals surface area contributed by atoms with E-state index in [0.717, 1.165) is 20.4 Å². The molecule has 0 aliphatic carbocycles. The van der Waals surface area contributed by atoms with Crippen molar-refractivity contribution in [1.82, 2.24) is 0 Å². The number of nitriles is 1. The summed E-state index contributed by atoms with van der Waals surface area (Å²) in [6.45, 7) is 0.422. The van der Waals surface area contributed by atoms with Crippen LogP contribution in [0.5, 0.6) is 5.75 Å². The van der Waals surface area contributed by atoms with Crippen LogP contribution in [0.2, 0.25) is 5.02 Å². The highest BCUT2D eigenvalue weighted by Gasteiger charge is 2.10. The predicted molar refractivity (Wildman–Crippen MR) is 124 cm³/mol. The van der Waals surface area contributed by atoms with Gasteiger partial charge in [-0.25, -0.2) is 0 Å². The van der Waals surface area contributed by atoms with Gasteiger partial charge >= 0.3 is 0 Å². The summed E-state index contributed by atoms with van der Waals surface area (Å²) in [6, 6.07) is 24.0. The van der Waals surface area contributed by atoms with Crippen LogP contribution in [0.3, 0.4) is 0 Å². The Kier molecular flexibility index (Phi) is 7.28. The highest BCUT2D eigenvalue weighted by atomic mass is 127. The van der Waals surface area contributed by atoms with Gasteiger partial charge in [-0.1, -0.05) is 48.0 Å². The van der Waals surface area contributed by atoms with Gasteiger partial charge < -0.3 is 10.1 Å². The second-order valence-electron chi connectivity index (χ2n) is 6.09. The number of para-hydroxylation sites is 1. The van der Waals surface area contributed by atoms with Gasteiger partial charge in [-0.2, -0.15) is 5.26 Å². The molecule has 1 amide bonds. The summed E-state index contributed by atoms with van der Waals surface area (Å²) in [5, 5.41) is 12.8. The van der Waals surface area contributed by atoms with Crippen LogP contribution in [-0.4, -0.2) is 5.91 Å². The van der Waals surface area contributed by atoms with Gasteiger partial charge in [-0.3, -0.25) is 4.79 Å². The molecule has 0 aliphatic rings. The Bertz CT molecular complexity index is 1070. The van der Waals surface area contributed by atoms with Gasteiger partial charge in [0.1, 0.15) is 24.0 Å². The molecule has 6 heteroatoms. The number of nitrogens with one attached hydrogen (secondary N) is 1. The number of hydrogen-bond acceptors (Lipinski definition) is 3. The van der Waals surface area contributed by atoms with E-state index in [-0.39, 0.29) is 5.57 Å². The summed E-state index contributed by atoms with van der Waals surface area (Å²) in [7, 11) is 0. The Labute approximate surface area is 187 Å². The van der Waals surface area contributed by atoms with Gasteiger partial charge in [0.15, 0.2) is 0 Å². The van der Waals surface area contributed by atoms with Crippen LogP contribution in [0.1, 0.15) is 11.1 Å². The molecule has 0 bridgehead atoms. The lowest BCUT2D eigenvalue weighted by molar-refractivity contribution is -0.112. The summed E-state index contributed by atoms with van der Waals surface area (Å²) in [5.74, 6) is 0.279. The third-order valence-electron chi connectivity index (χ3n) is 3.97. The van der Waals surface area contributed by atoms with Gasteiger partial charge in [0.2, 0.25) is 0 Å². The van der Waals surface area contributed by atoms with Crippen molar-refractivity contribution in [2.45, 2.75) is 6.61 Å². The van der Waals surface area contributed by atoms with Gasteiger partial charge in [0, 0.05) is 10.7 Å². The van der Waals surface area contributed by atoms with Crippen molar-refractivity contribution in [1.29, 1.82) is 5.26 Å². The Morgan fingerprint density at radius 1 is 1.10 bits per heavy atom. The normalized spacial score (nSPS) is 10.9. The van der Waals surface area contributed by atoms with Crippen LogP contribution in [0.25, 0.3) is 6.08 Å². The summed E-state index contributed by atoms with van der Waals surface area (Å²) >= 11 is 8.06. The maximum absolute atomic E-state index is 12.3. The van der Waals surface area contributed by atoms with Crippen molar-refractivity contribution >= 4 is 51.9 Å². The number of ether oxygens (including phenoxy) is 1. The Hall–Kier alpha value is -2.82. The van der Waals surface area contributed by atoms with Crippen LogP contribution in [-0.2, 0) is 11.4 Å². The lowest BCUT2D eigenvalue weighted by atomic mass is 10.1. The molecule has 3 aromatic carbocycles. The summed E-state index contributed by atoms with van der Waals surface area (Å²) in [6.07, 6.45) is 1.56. The molecule has 0 unspecified atom stereocenters. The number of carbonyl (C=O) groups excluding carboxylic acids is 1. The molecule has 4 nitrogen and oxygen atoms in total. The van der Waals surface area contributed by atoms with Gasteiger partial charge in [0.25, 0.3) is 5.91 Å². The molecule has 3 rings (SSSR count). The van der Waals surface area contributed by atoms with Crippen molar-refractivity contribution in [3.8, 4) is 11.8 Å². The minimum absolute atomic E-state index is 0.0273. The van der Waals surface area contributed by atoms with Gasteiger partial charge in [0.05, 0.1) is 3.57 Å². The lowest BCUT2D eigenvalue weighted by Gasteiger charge is -2.09. The molecule has 3 aromatic rings. The number of halogens is 2. The van der Waals surface area contributed by atoms with E-state index in [1.54, 1.807) is 18.2 Å².